The van der Waals surface area contributed by atoms with Crippen molar-refractivity contribution in [2.24, 2.45) is 5.92 Å². The lowest BCUT2D eigenvalue weighted by Crippen LogP contribution is -2.21. The van der Waals surface area contributed by atoms with Gasteiger partial charge in [-0.1, -0.05) is 13.0 Å². The molecule has 0 bridgehead atoms. The summed E-state index contributed by atoms with van der Waals surface area (Å²) >= 11 is 2.70. The Morgan fingerprint density at radius 2 is 2.13 bits per heavy atom. The van der Waals surface area contributed by atoms with Gasteiger partial charge >= 0.3 is 0 Å². The van der Waals surface area contributed by atoms with Crippen LogP contribution in [-0.2, 0) is 6.42 Å². The summed E-state index contributed by atoms with van der Waals surface area (Å²) in [6.07, 6.45) is 3.16. The molecule has 0 spiro atoms. The van der Waals surface area contributed by atoms with E-state index in [1.165, 1.54) is 4.90 Å². The summed E-state index contributed by atoms with van der Waals surface area (Å²) in [4.78, 5) is 31.4. The van der Waals surface area contributed by atoms with Gasteiger partial charge in [0.25, 0.3) is 5.24 Å². The molecule has 0 saturated heterocycles. The average molecular weight is 346 g/mol. The van der Waals surface area contributed by atoms with Crippen LogP contribution in [0.1, 0.15) is 29.3 Å². The molecule has 4 nitrogen and oxygen atoms in total. The molecule has 1 amide bonds. The zero-order chi connectivity index (χ0) is 16.6. The molecule has 3 rings (SSSR count). The molecule has 1 heterocycles. The van der Waals surface area contributed by atoms with Gasteiger partial charge in [-0.05, 0) is 35.7 Å². The number of hydrogen-bond acceptors (Lipinski definition) is 5. The van der Waals surface area contributed by atoms with Gasteiger partial charge in [-0.3, -0.25) is 9.59 Å². The number of Topliss-reactive ketones (excluding diaryl/α,β-unsaturated/α-hetero) is 1. The molecule has 120 valence electrons. The molecule has 2 aromatic rings. The highest BCUT2D eigenvalue weighted by molar-refractivity contribution is 8.13. The third-order valence-electron chi connectivity index (χ3n) is 3.87. The number of nitrogens with zero attached hydrogens (tertiary/aromatic N) is 2. The van der Waals surface area contributed by atoms with Crippen LogP contribution in [-0.4, -0.2) is 35.0 Å². The maximum Gasteiger partial charge on any atom is 0.285 e. The van der Waals surface area contributed by atoms with Gasteiger partial charge in [-0.25, -0.2) is 4.98 Å². The van der Waals surface area contributed by atoms with Crippen LogP contribution in [0.5, 0.6) is 0 Å². The number of thiazole rings is 1. The standard InChI is InChI=1S/C17H18N2O2S2/c1-10-8-12-11(16-18-6-7-22-16)4-5-14(15(12)13(20)9-10)23-17(21)19(2)3/h4-7,10H,8-9H2,1-3H3. The van der Waals surface area contributed by atoms with Crippen molar-refractivity contribution >= 4 is 34.1 Å². The molecule has 1 aliphatic carbocycles. The molecule has 1 aromatic heterocycles. The molecule has 0 aliphatic heterocycles. The number of hydrogen-bond donors (Lipinski definition) is 0. The van der Waals surface area contributed by atoms with Crippen LogP contribution in [0.3, 0.4) is 0 Å². The first-order chi connectivity index (χ1) is 11.0. The Balaban J connectivity index is 2.12. The number of rotatable bonds is 2. The van der Waals surface area contributed by atoms with Crippen LogP contribution in [0.4, 0.5) is 4.79 Å². The highest BCUT2D eigenvalue weighted by Gasteiger charge is 2.29. The summed E-state index contributed by atoms with van der Waals surface area (Å²) in [5.41, 5.74) is 2.79. The second kappa shape index (κ2) is 6.45. The monoisotopic (exact) mass is 346 g/mol. The van der Waals surface area contributed by atoms with Gasteiger partial charge < -0.3 is 4.90 Å². The van der Waals surface area contributed by atoms with Crippen molar-refractivity contribution in [3.05, 3.63) is 34.8 Å². The average Bonchev–Trinajstić information content (AvgIpc) is 3.00. The van der Waals surface area contributed by atoms with Crippen LogP contribution in [0.2, 0.25) is 0 Å². The second-order valence-electron chi connectivity index (χ2n) is 6.00. The number of benzene rings is 1. The quantitative estimate of drug-likeness (QED) is 0.759. The van der Waals surface area contributed by atoms with E-state index in [1.54, 1.807) is 31.6 Å². The summed E-state index contributed by atoms with van der Waals surface area (Å²) in [6, 6.07) is 3.88. The van der Waals surface area contributed by atoms with E-state index >= 15 is 0 Å². The molecule has 23 heavy (non-hydrogen) atoms. The van der Waals surface area contributed by atoms with Gasteiger partial charge in [0.1, 0.15) is 5.01 Å². The maximum atomic E-state index is 12.6. The highest BCUT2D eigenvalue weighted by atomic mass is 32.2. The van der Waals surface area contributed by atoms with E-state index in [2.05, 4.69) is 11.9 Å². The molecule has 6 heteroatoms. The summed E-state index contributed by atoms with van der Waals surface area (Å²) in [7, 11) is 3.44. The minimum atomic E-state index is -0.0689. The topological polar surface area (TPSA) is 50.3 Å². The van der Waals surface area contributed by atoms with Crippen molar-refractivity contribution in [2.75, 3.05) is 14.1 Å². The number of amides is 1. The second-order valence-corrected chi connectivity index (χ2v) is 7.89. The van der Waals surface area contributed by atoms with Gasteiger partial charge in [-0.2, -0.15) is 0 Å². The van der Waals surface area contributed by atoms with E-state index in [0.717, 1.165) is 44.8 Å². The van der Waals surface area contributed by atoms with E-state index in [9.17, 15) is 9.59 Å². The Kier molecular flexibility index (Phi) is 4.55. The summed E-state index contributed by atoms with van der Waals surface area (Å²) < 4.78 is 0. The SMILES string of the molecule is CC1CC(=O)c2c(SC(=O)N(C)C)ccc(-c3nccs3)c2C1. The van der Waals surface area contributed by atoms with Gasteiger partial charge in [-0.15, -0.1) is 11.3 Å². The van der Waals surface area contributed by atoms with Crippen molar-refractivity contribution in [1.82, 2.24) is 9.88 Å². The van der Waals surface area contributed by atoms with E-state index in [1.807, 2.05) is 17.5 Å². The Bertz CT molecular complexity index is 754. The number of ketones is 1. The summed E-state index contributed by atoms with van der Waals surface area (Å²) in [5, 5.41) is 2.80. The zero-order valence-electron chi connectivity index (χ0n) is 13.3. The molecule has 1 unspecified atom stereocenters. The Hall–Kier alpha value is -1.66. The van der Waals surface area contributed by atoms with Crippen molar-refractivity contribution in [2.45, 2.75) is 24.7 Å². The normalized spacial score (nSPS) is 17.0. The predicted molar refractivity (Wildman–Crippen MR) is 94.3 cm³/mol. The minimum absolute atomic E-state index is 0.0689. The van der Waals surface area contributed by atoms with Gasteiger partial charge in [0.2, 0.25) is 0 Å². The third-order valence-corrected chi connectivity index (χ3v) is 5.77. The van der Waals surface area contributed by atoms with E-state index < -0.39 is 0 Å². The first kappa shape index (κ1) is 16.2. The molecule has 1 aliphatic rings. The Labute approximate surface area is 143 Å². The smallest absolute Gasteiger partial charge is 0.285 e. The van der Waals surface area contributed by atoms with Crippen molar-refractivity contribution in [3.8, 4) is 10.6 Å². The number of aromatic nitrogens is 1. The first-order valence-corrected chi connectivity index (χ1v) is 9.15. The molecular weight excluding hydrogens is 328 g/mol. The first-order valence-electron chi connectivity index (χ1n) is 7.45. The lowest BCUT2D eigenvalue weighted by Gasteiger charge is -2.25. The van der Waals surface area contributed by atoms with Crippen molar-refractivity contribution in [3.63, 3.8) is 0 Å². The molecule has 0 radical (unpaired) electrons. The lowest BCUT2D eigenvalue weighted by atomic mass is 9.82. The van der Waals surface area contributed by atoms with Crippen LogP contribution in [0.15, 0.2) is 28.6 Å². The molecule has 0 fully saturated rings. The Morgan fingerprint density at radius 1 is 1.35 bits per heavy atom. The zero-order valence-corrected chi connectivity index (χ0v) is 15.0. The molecule has 1 aromatic carbocycles. The molecule has 0 saturated carbocycles. The van der Waals surface area contributed by atoms with Crippen molar-refractivity contribution < 1.29 is 9.59 Å². The highest BCUT2D eigenvalue weighted by Crippen LogP contribution is 2.39. The molecule has 1 atom stereocenters. The predicted octanol–water partition coefficient (Wildman–Crippen LogP) is 4.35. The number of thioether (sulfide) groups is 1. The van der Waals surface area contributed by atoms with E-state index in [-0.39, 0.29) is 11.0 Å². The van der Waals surface area contributed by atoms with Crippen LogP contribution >= 0.6 is 23.1 Å². The van der Waals surface area contributed by atoms with Gasteiger partial charge in [0.15, 0.2) is 5.78 Å². The Morgan fingerprint density at radius 3 is 2.78 bits per heavy atom. The molecule has 0 N–H and O–H groups in total. The largest absolute Gasteiger partial charge is 0.339 e. The number of carbonyl (C=O) groups excluding carboxylic acids is 2. The fourth-order valence-electron chi connectivity index (χ4n) is 2.81. The van der Waals surface area contributed by atoms with Gasteiger partial charge in [0.05, 0.1) is 0 Å². The maximum absolute atomic E-state index is 12.6. The van der Waals surface area contributed by atoms with Crippen LogP contribution in [0.25, 0.3) is 10.6 Å². The summed E-state index contributed by atoms with van der Waals surface area (Å²) in [6.45, 7) is 2.09. The van der Waals surface area contributed by atoms with E-state index in [4.69, 9.17) is 0 Å². The number of carbonyl (C=O) groups is 2. The minimum Gasteiger partial charge on any atom is -0.339 e. The van der Waals surface area contributed by atoms with Gasteiger partial charge in [0, 0.05) is 48.1 Å². The number of fused-ring (bicyclic) bond motifs is 1. The third kappa shape index (κ3) is 3.19. The van der Waals surface area contributed by atoms with Crippen LogP contribution in [0, 0.1) is 5.92 Å². The van der Waals surface area contributed by atoms with E-state index in [0.29, 0.717) is 12.3 Å². The fraction of sp³-hybridized carbons (Fsp3) is 0.353. The van der Waals surface area contributed by atoms with Crippen LogP contribution < -0.4 is 0 Å². The molecular formula is C17H18N2O2S2. The van der Waals surface area contributed by atoms with Crippen molar-refractivity contribution in [1.29, 1.82) is 0 Å². The fourth-order valence-corrected chi connectivity index (χ4v) is 4.35. The lowest BCUT2D eigenvalue weighted by molar-refractivity contribution is 0.0950. The summed E-state index contributed by atoms with van der Waals surface area (Å²) in [5.74, 6) is 0.449.